The van der Waals surface area contributed by atoms with Gasteiger partial charge in [0.05, 0.1) is 5.41 Å². The van der Waals surface area contributed by atoms with E-state index in [4.69, 9.17) is 0 Å². The third-order valence-corrected chi connectivity index (χ3v) is 5.15. The van der Waals surface area contributed by atoms with Gasteiger partial charge < -0.3 is 10.2 Å². The molecule has 0 unspecified atom stereocenters. The van der Waals surface area contributed by atoms with Crippen molar-refractivity contribution in [1.82, 2.24) is 19.6 Å². The SMILES string of the molecule is Cc1ccc2nc(C(=O)N3CC[C@]4(CCCNC4=O)C3)c(F)n2c1. The van der Waals surface area contributed by atoms with Crippen LogP contribution >= 0.6 is 0 Å². The van der Waals surface area contributed by atoms with Gasteiger partial charge in [-0.25, -0.2) is 4.98 Å². The highest BCUT2D eigenvalue weighted by molar-refractivity contribution is 5.94. The predicted octanol–water partition coefficient (Wildman–Crippen LogP) is 1.52. The first kappa shape index (κ1) is 15.1. The Balaban J connectivity index is 1.63. The number of aromatic nitrogens is 2. The van der Waals surface area contributed by atoms with Gasteiger partial charge in [0.2, 0.25) is 11.9 Å². The van der Waals surface area contributed by atoms with Gasteiger partial charge in [-0.3, -0.25) is 14.0 Å². The molecule has 2 aliphatic heterocycles. The van der Waals surface area contributed by atoms with Crippen LogP contribution in [0.5, 0.6) is 0 Å². The Morgan fingerprint density at radius 1 is 1.38 bits per heavy atom. The Kier molecular flexibility index (Phi) is 3.33. The number of pyridine rings is 1. The van der Waals surface area contributed by atoms with E-state index in [9.17, 15) is 14.0 Å². The van der Waals surface area contributed by atoms with E-state index in [-0.39, 0.29) is 11.6 Å². The Morgan fingerprint density at radius 3 is 3.00 bits per heavy atom. The summed E-state index contributed by atoms with van der Waals surface area (Å²) >= 11 is 0. The second-order valence-corrected chi connectivity index (χ2v) is 6.80. The van der Waals surface area contributed by atoms with Crippen molar-refractivity contribution in [3.05, 3.63) is 35.5 Å². The molecule has 1 N–H and O–H groups in total. The third kappa shape index (κ3) is 2.18. The fourth-order valence-electron chi connectivity index (χ4n) is 3.77. The van der Waals surface area contributed by atoms with Crippen LogP contribution in [0, 0.1) is 18.3 Å². The molecule has 6 nitrogen and oxygen atoms in total. The van der Waals surface area contributed by atoms with Crippen LogP contribution in [0.2, 0.25) is 0 Å². The van der Waals surface area contributed by atoms with E-state index in [1.807, 2.05) is 13.0 Å². The van der Waals surface area contributed by atoms with E-state index in [1.165, 1.54) is 4.40 Å². The summed E-state index contributed by atoms with van der Waals surface area (Å²) in [5.41, 5.74) is 0.608. The first-order valence-electron chi connectivity index (χ1n) is 8.22. The monoisotopic (exact) mass is 330 g/mol. The molecule has 4 rings (SSSR count). The van der Waals surface area contributed by atoms with Crippen LogP contribution in [0.1, 0.15) is 35.3 Å². The van der Waals surface area contributed by atoms with Crippen LogP contribution in [-0.2, 0) is 4.79 Å². The number of carbonyl (C=O) groups excluding carboxylic acids is 2. The second-order valence-electron chi connectivity index (χ2n) is 6.80. The van der Waals surface area contributed by atoms with Gasteiger partial charge in [0, 0.05) is 25.8 Å². The molecule has 126 valence electrons. The molecule has 7 heteroatoms. The lowest BCUT2D eigenvalue weighted by atomic mass is 9.79. The van der Waals surface area contributed by atoms with Crippen LogP contribution in [0.4, 0.5) is 4.39 Å². The maximum absolute atomic E-state index is 14.6. The molecule has 1 spiro atoms. The van der Waals surface area contributed by atoms with E-state index in [0.29, 0.717) is 31.7 Å². The number of hydrogen-bond donors (Lipinski definition) is 1. The summed E-state index contributed by atoms with van der Waals surface area (Å²) in [5, 5.41) is 2.88. The van der Waals surface area contributed by atoms with Gasteiger partial charge in [-0.15, -0.1) is 0 Å². The number of halogens is 1. The zero-order chi connectivity index (χ0) is 16.9. The molecule has 2 aromatic rings. The fraction of sp³-hybridized carbons (Fsp3) is 0.471. The summed E-state index contributed by atoms with van der Waals surface area (Å²) in [6.45, 7) is 3.34. The number of rotatable bonds is 1. The molecule has 24 heavy (non-hydrogen) atoms. The second kappa shape index (κ2) is 5.29. The van der Waals surface area contributed by atoms with Gasteiger partial charge in [0.1, 0.15) is 5.65 Å². The number of amides is 2. The minimum Gasteiger partial charge on any atom is -0.356 e. The molecule has 0 aromatic carbocycles. The Bertz CT molecular complexity index is 846. The Hall–Kier alpha value is -2.44. The predicted molar refractivity (Wildman–Crippen MR) is 85.1 cm³/mol. The lowest BCUT2D eigenvalue weighted by Crippen LogP contribution is -2.47. The van der Waals surface area contributed by atoms with Gasteiger partial charge >= 0.3 is 0 Å². The average molecular weight is 330 g/mol. The zero-order valence-corrected chi connectivity index (χ0v) is 13.5. The molecule has 2 saturated heterocycles. The minimum absolute atomic E-state index is 0.00940. The number of nitrogens with zero attached hydrogens (tertiary/aromatic N) is 3. The number of carbonyl (C=O) groups is 2. The lowest BCUT2D eigenvalue weighted by molar-refractivity contribution is -0.132. The minimum atomic E-state index is -0.646. The van der Waals surface area contributed by atoms with Gasteiger partial charge in [0.15, 0.2) is 5.69 Å². The highest BCUT2D eigenvalue weighted by atomic mass is 19.1. The summed E-state index contributed by atoms with van der Waals surface area (Å²) < 4.78 is 15.9. The highest BCUT2D eigenvalue weighted by Crippen LogP contribution is 2.38. The molecule has 2 aromatic heterocycles. The van der Waals surface area contributed by atoms with Crippen LogP contribution < -0.4 is 5.32 Å². The van der Waals surface area contributed by atoms with Crippen molar-refractivity contribution < 1.29 is 14.0 Å². The molecule has 2 amide bonds. The number of fused-ring (bicyclic) bond motifs is 1. The van der Waals surface area contributed by atoms with Crippen molar-refractivity contribution in [2.75, 3.05) is 19.6 Å². The summed E-state index contributed by atoms with van der Waals surface area (Å²) in [4.78, 5) is 30.7. The summed E-state index contributed by atoms with van der Waals surface area (Å²) in [6.07, 6.45) is 3.93. The molecular formula is C17H19FN4O2. The molecule has 0 aliphatic carbocycles. The number of likely N-dealkylation sites (tertiary alicyclic amines) is 1. The van der Waals surface area contributed by atoms with E-state index in [2.05, 4.69) is 10.3 Å². The number of aryl methyl sites for hydroxylation is 1. The normalized spacial score (nSPS) is 23.9. The summed E-state index contributed by atoms with van der Waals surface area (Å²) in [7, 11) is 0. The molecule has 2 aliphatic rings. The summed E-state index contributed by atoms with van der Waals surface area (Å²) in [5.74, 6) is -1.08. The maximum atomic E-state index is 14.6. The van der Waals surface area contributed by atoms with Gasteiger partial charge in [-0.1, -0.05) is 6.07 Å². The van der Waals surface area contributed by atoms with Gasteiger partial charge in [0.25, 0.3) is 5.91 Å². The zero-order valence-electron chi connectivity index (χ0n) is 13.5. The number of nitrogens with one attached hydrogen (secondary N) is 1. The van der Waals surface area contributed by atoms with E-state index >= 15 is 0 Å². The topological polar surface area (TPSA) is 66.7 Å². The van der Waals surface area contributed by atoms with Crippen LogP contribution in [0.15, 0.2) is 18.3 Å². The number of imidazole rings is 1. The maximum Gasteiger partial charge on any atom is 0.277 e. The quantitative estimate of drug-likeness (QED) is 0.862. The highest BCUT2D eigenvalue weighted by Gasteiger charge is 2.47. The van der Waals surface area contributed by atoms with Crippen molar-refractivity contribution in [2.24, 2.45) is 5.41 Å². The molecule has 2 fully saturated rings. The average Bonchev–Trinajstić information content (AvgIpc) is 3.13. The van der Waals surface area contributed by atoms with E-state index in [0.717, 1.165) is 18.4 Å². The smallest absolute Gasteiger partial charge is 0.277 e. The number of hydrogen-bond acceptors (Lipinski definition) is 3. The van der Waals surface area contributed by atoms with Crippen LogP contribution in [-0.4, -0.2) is 45.7 Å². The van der Waals surface area contributed by atoms with E-state index < -0.39 is 17.3 Å². The molecule has 0 saturated carbocycles. The molecule has 0 bridgehead atoms. The third-order valence-electron chi connectivity index (χ3n) is 5.15. The molecule has 0 radical (unpaired) electrons. The molecule has 1 atom stereocenters. The van der Waals surface area contributed by atoms with Crippen LogP contribution in [0.3, 0.4) is 0 Å². The standard InChI is InChI=1S/C17H19FN4O2/c1-11-3-4-12-20-13(14(18)22(12)9-11)15(23)21-8-6-17(10-21)5-2-7-19-16(17)24/h3-4,9H,2,5-8,10H2,1H3,(H,19,24)/t17-/m1/s1. The first-order valence-corrected chi connectivity index (χ1v) is 8.22. The first-order chi connectivity index (χ1) is 11.5. The lowest BCUT2D eigenvalue weighted by Gasteiger charge is -2.31. The van der Waals surface area contributed by atoms with Crippen molar-refractivity contribution >= 4 is 17.5 Å². The Morgan fingerprint density at radius 2 is 2.21 bits per heavy atom. The van der Waals surface area contributed by atoms with E-state index in [1.54, 1.807) is 17.2 Å². The van der Waals surface area contributed by atoms with Gasteiger partial charge in [-0.2, -0.15) is 4.39 Å². The fourth-order valence-corrected chi connectivity index (χ4v) is 3.77. The van der Waals surface area contributed by atoms with Crippen molar-refractivity contribution in [2.45, 2.75) is 26.2 Å². The largest absolute Gasteiger partial charge is 0.356 e. The molecular weight excluding hydrogens is 311 g/mol. The van der Waals surface area contributed by atoms with Crippen molar-refractivity contribution in [3.63, 3.8) is 0 Å². The molecule has 4 heterocycles. The number of piperidine rings is 1. The van der Waals surface area contributed by atoms with Crippen molar-refractivity contribution in [3.8, 4) is 0 Å². The van der Waals surface area contributed by atoms with Gasteiger partial charge in [-0.05, 0) is 37.8 Å². The van der Waals surface area contributed by atoms with Crippen molar-refractivity contribution in [1.29, 1.82) is 0 Å². The Labute approximate surface area is 138 Å². The summed E-state index contributed by atoms with van der Waals surface area (Å²) in [6, 6.07) is 3.52. The van der Waals surface area contributed by atoms with Crippen LogP contribution in [0.25, 0.3) is 5.65 Å².